The quantitative estimate of drug-likeness (QED) is 0.146. The molecule has 0 radical (unpaired) electrons. The minimum absolute atomic E-state index is 0.0816. The van der Waals surface area contributed by atoms with Crippen molar-refractivity contribution < 1.29 is 26.7 Å². The van der Waals surface area contributed by atoms with Crippen molar-refractivity contribution in [3.05, 3.63) is 88.0 Å². The van der Waals surface area contributed by atoms with E-state index in [1.54, 1.807) is 0 Å². The fourth-order valence-corrected chi connectivity index (χ4v) is 4.42. The Hall–Kier alpha value is -3.33. The third-order valence-electron chi connectivity index (χ3n) is 6.08. The van der Waals surface area contributed by atoms with Crippen LogP contribution in [0.25, 0.3) is 11.1 Å². The third kappa shape index (κ3) is 6.22. The van der Waals surface area contributed by atoms with E-state index in [1.165, 1.54) is 48.8 Å². The molecule has 6 heteroatoms. The number of aryl methyl sites for hydroxylation is 1. The molecule has 0 saturated heterocycles. The van der Waals surface area contributed by atoms with Crippen molar-refractivity contribution in [2.75, 3.05) is 0 Å². The monoisotopic (exact) mass is 484 g/mol. The highest BCUT2D eigenvalue weighted by Crippen LogP contribution is 2.37. The molecule has 0 atom stereocenters. The summed E-state index contributed by atoms with van der Waals surface area (Å²) in [7, 11) is 0. The lowest BCUT2D eigenvalue weighted by Crippen LogP contribution is -2.19. The van der Waals surface area contributed by atoms with Gasteiger partial charge in [0.2, 0.25) is 5.75 Å². The summed E-state index contributed by atoms with van der Waals surface area (Å²) < 4.78 is 68.2. The summed E-state index contributed by atoms with van der Waals surface area (Å²) in [5.74, 6) is 1.06. The SMILES string of the molecule is CCCCCCCc1ccc2c(c1)Cc1cc(C#Cc3cc(F)c(OC(F)(F)F)c(F)c3)ccc1-2. The van der Waals surface area contributed by atoms with E-state index in [1.807, 2.05) is 18.2 Å². The molecule has 1 nitrogen and oxygen atoms in total. The molecule has 0 N–H and O–H groups in total. The summed E-state index contributed by atoms with van der Waals surface area (Å²) in [5.41, 5.74) is 6.67. The molecule has 3 aromatic carbocycles. The van der Waals surface area contributed by atoms with E-state index in [0.717, 1.165) is 36.1 Å². The van der Waals surface area contributed by atoms with Gasteiger partial charge in [-0.15, -0.1) is 13.2 Å². The fourth-order valence-electron chi connectivity index (χ4n) is 4.42. The lowest BCUT2D eigenvalue weighted by molar-refractivity contribution is -0.276. The largest absolute Gasteiger partial charge is 0.573 e. The lowest BCUT2D eigenvalue weighted by atomic mass is 9.99. The summed E-state index contributed by atoms with van der Waals surface area (Å²) in [6, 6.07) is 13.8. The Morgan fingerprint density at radius 3 is 2.09 bits per heavy atom. The number of ether oxygens (including phenoxy) is 1. The molecule has 4 rings (SSSR count). The zero-order valence-electron chi connectivity index (χ0n) is 19.4. The Kier molecular flexibility index (Phi) is 7.45. The molecule has 0 spiro atoms. The zero-order chi connectivity index (χ0) is 25.0. The highest BCUT2D eigenvalue weighted by molar-refractivity contribution is 5.77. The number of benzene rings is 3. The summed E-state index contributed by atoms with van der Waals surface area (Å²) in [6.45, 7) is 2.21. The van der Waals surface area contributed by atoms with Crippen molar-refractivity contribution in [2.24, 2.45) is 0 Å². The van der Waals surface area contributed by atoms with Gasteiger partial charge < -0.3 is 4.74 Å². The standard InChI is InChI=1S/C29H25F5O/c1-2-3-4-5-6-7-19-10-12-24-22(14-19)18-23-15-20(11-13-25(23)24)8-9-21-16-26(30)28(27(31)17-21)35-29(32,33)34/h10-17H,2-7,18H2,1H3. The van der Waals surface area contributed by atoms with E-state index < -0.39 is 23.7 Å². The first kappa shape index (κ1) is 24.8. The molecular weight excluding hydrogens is 459 g/mol. The highest BCUT2D eigenvalue weighted by Gasteiger charge is 2.34. The van der Waals surface area contributed by atoms with Gasteiger partial charge in [0.25, 0.3) is 0 Å². The van der Waals surface area contributed by atoms with Gasteiger partial charge in [0.05, 0.1) is 0 Å². The van der Waals surface area contributed by atoms with Crippen molar-refractivity contribution in [2.45, 2.75) is 58.2 Å². The van der Waals surface area contributed by atoms with Crippen molar-refractivity contribution in [3.8, 4) is 28.7 Å². The van der Waals surface area contributed by atoms with Crippen LogP contribution in [0, 0.1) is 23.5 Å². The van der Waals surface area contributed by atoms with E-state index in [2.05, 4.69) is 41.7 Å². The number of rotatable bonds is 7. The maximum absolute atomic E-state index is 13.9. The van der Waals surface area contributed by atoms with Crippen LogP contribution in [0.4, 0.5) is 22.0 Å². The summed E-state index contributed by atoms with van der Waals surface area (Å²) >= 11 is 0. The van der Waals surface area contributed by atoms with Gasteiger partial charge >= 0.3 is 6.36 Å². The second kappa shape index (κ2) is 10.5. The van der Waals surface area contributed by atoms with Crippen LogP contribution in [-0.2, 0) is 12.8 Å². The molecule has 0 aromatic heterocycles. The van der Waals surface area contributed by atoms with E-state index in [0.29, 0.717) is 5.56 Å². The van der Waals surface area contributed by atoms with E-state index >= 15 is 0 Å². The minimum Gasteiger partial charge on any atom is -0.399 e. The van der Waals surface area contributed by atoms with Crippen molar-refractivity contribution in [1.82, 2.24) is 0 Å². The predicted molar refractivity (Wildman–Crippen MR) is 126 cm³/mol. The minimum atomic E-state index is -5.19. The summed E-state index contributed by atoms with van der Waals surface area (Å²) in [4.78, 5) is 0. The van der Waals surface area contributed by atoms with Crippen LogP contribution in [0.5, 0.6) is 5.75 Å². The van der Waals surface area contributed by atoms with Gasteiger partial charge in [-0.05, 0) is 71.3 Å². The van der Waals surface area contributed by atoms with Gasteiger partial charge in [0, 0.05) is 11.1 Å². The molecular formula is C29H25F5O. The molecule has 1 aliphatic rings. The number of fused-ring (bicyclic) bond motifs is 3. The molecule has 1 aliphatic carbocycles. The van der Waals surface area contributed by atoms with Crippen LogP contribution in [0.2, 0.25) is 0 Å². The Labute approximate surface area is 201 Å². The van der Waals surface area contributed by atoms with Crippen molar-refractivity contribution >= 4 is 0 Å². The van der Waals surface area contributed by atoms with E-state index in [9.17, 15) is 22.0 Å². The van der Waals surface area contributed by atoms with Gasteiger partial charge in [0.15, 0.2) is 11.6 Å². The van der Waals surface area contributed by atoms with Crippen LogP contribution in [0.15, 0.2) is 48.5 Å². The number of halogens is 5. The summed E-state index contributed by atoms with van der Waals surface area (Å²) in [5, 5.41) is 0. The normalized spacial score (nSPS) is 12.1. The molecule has 3 aromatic rings. The molecule has 182 valence electrons. The van der Waals surface area contributed by atoms with Crippen molar-refractivity contribution in [1.29, 1.82) is 0 Å². The van der Waals surface area contributed by atoms with Gasteiger partial charge in [-0.3, -0.25) is 0 Å². The van der Waals surface area contributed by atoms with Crippen molar-refractivity contribution in [3.63, 3.8) is 0 Å². The van der Waals surface area contributed by atoms with Crippen LogP contribution < -0.4 is 4.74 Å². The highest BCUT2D eigenvalue weighted by atomic mass is 19.4. The Bertz CT molecular complexity index is 1260. The van der Waals surface area contributed by atoms with E-state index in [4.69, 9.17) is 0 Å². The molecule has 0 saturated carbocycles. The average Bonchev–Trinajstić information content (AvgIpc) is 3.16. The second-order valence-corrected chi connectivity index (χ2v) is 8.77. The molecule has 0 unspecified atom stereocenters. The number of alkyl halides is 3. The first-order valence-electron chi connectivity index (χ1n) is 11.8. The van der Waals surface area contributed by atoms with Gasteiger partial charge in [-0.2, -0.15) is 0 Å². The lowest BCUT2D eigenvalue weighted by Gasteiger charge is -2.10. The van der Waals surface area contributed by atoms with Gasteiger partial charge in [-0.25, -0.2) is 8.78 Å². The fraction of sp³-hybridized carbons (Fsp3) is 0.310. The Morgan fingerprint density at radius 1 is 0.771 bits per heavy atom. The average molecular weight is 485 g/mol. The zero-order valence-corrected chi connectivity index (χ0v) is 19.4. The topological polar surface area (TPSA) is 9.23 Å². The molecule has 0 bridgehead atoms. The van der Waals surface area contributed by atoms with Gasteiger partial charge in [-0.1, -0.05) is 68.7 Å². The maximum atomic E-state index is 13.9. The van der Waals surface area contributed by atoms with Crippen LogP contribution in [-0.4, -0.2) is 6.36 Å². The number of unbranched alkanes of at least 4 members (excludes halogenated alkanes) is 4. The smallest absolute Gasteiger partial charge is 0.399 e. The Balaban J connectivity index is 1.47. The van der Waals surface area contributed by atoms with Crippen LogP contribution in [0.3, 0.4) is 0 Å². The van der Waals surface area contributed by atoms with Crippen LogP contribution >= 0.6 is 0 Å². The second-order valence-electron chi connectivity index (χ2n) is 8.77. The predicted octanol–water partition coefficient (Wildman–Crippen LogP) is 8.35. The third-order valence-corrected chi connectivity index (χ3v) is 6.08. The first-order chi connectivity index (χ1) is 16.7. The molecule has 0 aliphatic heterocycles. The summed E-state index contributed by atoms with van der Waals surface area (Å²) in [6.07, 6.45) is 2.91. The first-order valence-corrected chi connectivity index (χ1v) is 11.8. The number of hydrogen-bond acceptors (Lipinski definition) is 1. The Morgan fingerprint density at radius 2 is 1.40 bits per heavy atom. The molecule has 0 heterocycles. The maximum Gasteiger partial charge on any atom is 0.573 e. The van der Waals surface area contributed by atoms with Gasteiger partial charge in [0.1, 0.15) is 0 Å². The van der Waals surface area contributed by atoms with Crippen LogP contribution in [0.1, 0.15) is 66.8 Å². The molecule has 35 heavy (non-hydrogen) atoms. The number of hydrogen-bond donors (Lipinski definition) is 0. The molecule has 0 amide bonds. The van der Waals surface area contributed by atoms with E-state index in [-0.39, 0.29) is 5.56 Å². The molecule has 0 fully saturated rings.